The van der Waals surface area contributed by atoms with Crippen molar-refractivity contribution >= 4 is 11.3 Å². The van der Waals surface area contributed by atoms with Crippen molar-refractivity contribution in [1.82, 2.24) is 4.98 Å². The molecule has 1 aromatic carbocycles. The number of rotatable bonds is 10. The van der Waals surface area contributed by atoms with Crippen molar-refractivity contribution in [3.05, 3.63) is 51.4 Å². The number of aryl methyl sites for hydroxylation is 1. The van der Waals surface area contributed by atoms with Crippen molar-refractivity contribution in [3.8, 4) is 22.8 Å². The summed E-state index contributed by atoms with van der Waals surface area (Å²) < 4.78 is 0. The highest BCUT2D eigenvalue weighted by molar-refractivity contribution is 7.07. The van der Waals surface area contributed by atoms with E-state index in [9.17, 15) is 10.2 Å². The number of thiazole rings is 1. The van der Waals surface area contributed by atoms with E-state index in [4.69, 9.17) is 0 Å². The molecule has 0 aliphatic heterocycles. The predicted octanol–water partition coefficient (Wildman–Crippen LogP) is 7.19. The van der Waals surface area contributed by atoms with Gasteiger partial charge in [0.2, 0.25) is 0 Å². The van der Waals surface area contributed by atoms with Gasteiger partial charge in [0.1, 0.15) is 11.5 Å². The number of phenolic OH excluding ortho intramolecular Hbond substituents is 2. The molecule has 0 fully saturated rings. The molecule has 2 aromatic rings. The van der Waals surface area contributed by atoms with Gasteiger partial charge >= 0.3 is 0 Å². The van der Waals surface area contributed by atoms with E-state index in [0.717, 1.165) is 55.3 Å². The van der Waals surface area contributed by atoms with Crippen molar-refractivity contribution < 1.29 is 10.2 Å². The smallest absolute Gasteiger partial charge is 0.132 e. The Labute approximate surface area is 173 Å². The summed E-state index contributed by atoms with van der Waals surface area (Å²) in [6, 6.07) is 1.83. The number of phenols is 2. The van der Waals surface area contributed by atoms with Gasteiger partial charge in [0.15, 0.2) is 0 Å². The summed E-state index contributed by atoms with van der Waals surface area (Å²) in [7, 11) is 0. The minimum absolute atomic E-state index is 0.172. The molecule has 0 radical (unpaired) electrons. The third kappa shape index (κ3) is 6.23. The Kier molecular flexibility index (Phi) is 8.78. The molecule has 28 heavy (non-hydrogen) atoms. The second-order valence-corrected chi connectivity index (χ2v) is 8.38. The van der Waals surface area contributed by atoms with Crippen LogP contribution in [-0.2, 0) is 12.8 Å². The number of benzene rings is 1. The van der Waals surface area contributed by atoms with Crippen molar-refractivity contribution in [2.45, 2.75) is 72.6 Å². The third-order valence-electron chi connectivity index (χ3n) is 4.95. The molecule has 1 heterocycles. The van der Waals surface area contributed by atoms with Gasteiger partial charge in [-0.15, -0.1) is 11.3 Å². The third-order valence-corrected chi connectivity index (χ3v) is 5.53. The SMILES string of the molecule is CCCCCc1cc(O)c(C/C=C(\C)CCC=C(C)C)c(O)c1-c1cscn1. The zero-order chi connectivity index (χ0) is 20.5. The van der Waals surface area contributed by atoms with Crippen LogP contribution < -0.4 is 0 Å². The maximum absolute atomic E-state index is 11.0. The zero-order valence-corrected chi connectivity index (χ0v) is 18.4. The van der Waals surface area contributed by atoms with Crippen LogP contribution in [0.3, 0.4) is 0 Å². The van der Waals surface area contributed by atoms with Crippen LogP contribution in [0, 0.1) is 0 Å². The summed E-state index contributed by atoms with van der Waals surface area (Å²) in [6.07, 6.45) is 11.0. The van der Waals surface area contributed by atoms with E-state index in [1.165, 1.54) is 22.5 Å². The van der Waals surface area contributed by atoms with Crippen molar-refractivity contribution in [2.24, 2.45) is 0 Å². The summed E-state index contributed by atoms with van der Waals surface area (Å²) in [4.78, 5) is 4.41. The Morgan fingerprint density at radius 1 is 1.14 bits per heavy atom. The maximum atomic E-state index is 11.0. The molecule has 0 aliphatic carbocycles. The van der Waals surface area contributed by atoms with Gasteiger partial charge in [-0.25, -0.2) is 4.98 Å². The lowest BCUT2D eigenvalue weighted by Gasteiger charge is -2.15. The molecular formula is C24H33NO2S. The average molecular weight is 400 g/mol. The van der Waals surface area contributed by atoms with Crippen LogP contribution in [0.15, 0.2) is 40.3 Å². The summed E-state index contributed by atoms with van der Waals surface area (Å²) in [5.41, 5.74) is 7.50. The molecule has 152 valence electrons. The number of hydrogen-bond acceptors (Lipinski definition) is 4. The van der Waals surface area contributed by atoms with Crippen LogP contribution in [0.1, 0.15) is 70.9 Å². The zero-order valence-electron chi connectivity index (χ0n) is 17.6. The van der Waals surface area contributed by atoms with Crippen molar-refractivity contribution in [2.75, 3.05) is 0 Å². The number of aromatic nitrogens is 1. The molecule has 0 saturated carbocycles. The number of aromatic hydroxyl groups is 2. The second kappa shape index (κ2) is 11.1. The normalized spacial score (nSPS) is 11.6. The predicted molar refractivity (Wildman–Crippen MR) is 120 cm³/mol. The molecule has 0 saturated heterocycles. The number of unbranched alkanes of at least 4 members (excludes halogenated alkanes) is 2. The van der Waals surface area contributed by atoms with E-state index in [2.05, 4.69) is 44.8 Å². The molecule has 2 rings (SSSR count). The fourth-order valence-electron chi connectivity index (χ4n) is 3.30. The summed E-state index contributed by atoms with van der Waals surface area (Å²) in [6.45, 7) is 8.49. The van der Waals surface area contributed by atoms with Crippen LogP contribution in [0.4, 0.5) is 0 Å². The molecule has 4 heteroatoms. The number of allylic oxidation sites excluding steroid dienone is 4. The maximum Gasteiger partial charge on any atom is 0.132 e. The molecule has 0 amide bonds. The molecule has 0 spiro atoms. The average Bonchev–Trinajstić information content (AvgIpc) is 3.15. The highest BCUT2D eigenvalue weighted by atomic mass is 32.1. The molecule has 1 aromatic heterocycles. The molecule has 0 bridgehead atoms. The minimum Gasteiger partial charge on any atom is -0.508 e. The molecule has 2 N–H and O–H groups in total. The number of nitrogens with zero attached hydrogens (tertiary/aromatic N) is 1. The van der Waals surface area contributed by atoms with Gasteiger partial charge < -0.3 is 10.2 Å². The first-order valence-corrected chi connectivity index (χ1v) is 11.1. The van der Waals surface area contributed by atoms with Crippen LogP contribution in [0.25, 0.3) is 11.3 Å². The van der Waals surface area contributed by atoms with E-state index >= 15 is 0 Å². The fourth-order valence-corrected chi connectivity index (χ4v) is 3.84. The van der Waals surface area contributed by atoms with Crippen LogP contribution in [-0.4, -0.2) is 15.2 Å². The second-order valence-electron chi connectivity index (χ2n) is 7.66. The Balaban J connectivity index is 2.30. The van der Waals surface area contributed by atoms with E-state index in [1.54, 1.807) is 5.51 Å². The molecule has 0 unspecified atom stereocenters. The Morgan fingerprint density at radius 3 is 2.57 bits per heavy atom. The summed E-state index contributed by atoms with van der Waals surface area (Å²) in [5.74, 6) is 0.349. The Bertz CT molecular complexity index is 816. The van der Waals surface area contributed by atoms with Gasteiger partial charge in [-0.2, -0.15) is 0 Å². The topological polar surface area (TPSA) is 53.4 Å². The monoisotopic (exact) mass is 399 g/mol. The first-order valence-electron chi connectivity index (χ1n) is 10.2. The van der Waals surface area contributed by atoms with Gasteiger partial charge in [0.25, 0.3) is 0 Å². The van der Waals surface area contributed by atoms with Crippen LogP contribution in [0.5, 0.6) is 11.5 Å². The largest absolute Gasteiger partial charge is 0.508 e. The van der Waals surface area contributed by atoms with Gasteiger partial charge in [0, 0.05) is 16.5 Å². The quantitative estimate of drug-likeness (QED) is 0.328. The Morgan fingerprint density at radius 2 is 1.93 bits per heavy atom. The Hall–Kier alpha value is -2.07. The molecular weight excluding hydrogens is 366 g/mol. The van der Waals surface area contributed by atoms with Gasteiger partial charge in [-0.05, 0) is 64.5 Å². The summed E-state index contributed by atoms with van der Waals surface area (Å²) in [5, 5.41) is 23.6. The van der Waals surface area contributed by atoms with E-state index < -0.39 is 0 Å². The first-order chi connectivity index (χ1) is 13.4. The molecule has 3 nitrogen and oxygen atoms in total. The van der Waals surface area contributed by atoms with Crippen molar-refractivity contribution in [3.63, 3.8) is 0 Å². The molecule has 0 aliphatic rings. The van der Waals surface area contributed by atoms with E-state index in [1.807, 2.05) is 11.4 Å². The standard InChI is InChI=1S/C24H33NO2S/c1-5-6-7-11-19-14-22(26)20(13-12-18(4)10-8-9-17(2)3)24(27)23(19)21-15-28-16-25-21/h9,12,14-16,26-27H,5-8,10-11,13H2,1-4H3/b18-12+. The van der Waals surface area contributed by atoms with Gasteiger partial charge in [0.05, 0.1) is 11.2 Å². The molecule has 0 atom stereocenters. The van der Waals surface area contributed by atoms with E-state index in [0.29, 0.717) is 12.0 Å². The lowest BCUT2D eigenvalue weighted by Crippen LogP contribution is -1.97. The first kappa shape index (κ1) is 22.2. The van der Waals surface area contributed by atoms with Crippen LogP contribution >= 0.6 is 11.3 Å². The van der Waals surface area contributed by atoms with E-state index in [-0.39, 0.29) is 11.5 Å². The summed E-state index contributed by atoms with van der Waals surface area (Å²) >= 11 is 1.52. The van der Waals surface area contributed by atoms with Gasteiger partial charge in [-0.3, -0.25) is 0 Å². The van der Waals surface area contributed by atoms with Crippen molar-refractivity contribution in [1.29, 1.82) is 0 Å². The fraction of sp³-hybridized carbons (Fsp3) is 0.458. The van der Waals surface area contributed by atoms with Crippen LogP contribution in [0.2, 0.25) is 0 Å². The van der Waals surface area contributed by atoms with Gasteiger partial charge in [-0.1, -0.05) is 43.1 Å². The number of hydrogen-bond donors (Lipinski definition) is 2. The highest BCUT2D eigenvalue weighted by Gasteiger charge is 2.19. The lowest BCUT2D eigenvalue weighted by molar-refractivity contribution is 0.440. The highest BCUT2D eigenvalue weighted by Crippen LogP contribution is 2.41. The minimum atomic E-state index is 0.172. The lowest BCUT2D eigenvalue weighted by atomic mass is 9.93.